The van der Waals surface area contributed by atoms with Crippen molar-refractivity contribution in [3.8, 4) is 0 Å². The second-order valence-corrected chi connectivity index (χ2v) is 15.4. The third-order valence-corrected chi connectivity index (χ3v) is 9.99. The lowest BCUT2D eigenvalue weighted by Crippen LogP contribution is -2.51. The van der Waals surface area contributed by atoms with Crippen LogP contribution in [0.3, 0.4) is 0 Å². The number of methoxy groups -OCH3 is 2. The minimum atomic E-state index is -1.17. The Labute approximate surface area is 226 Å². The first kappa shape index (κ1) is 31.3. The summed E-state index contributed by atoms with van der Waals surface area (Å²) in [5.74, 6) is 0.171. The summed E-state index contributed by atoms with van der Waals surface area (Å²) < 4.78 is 29.0. The summed E-state index contributed by atoms with van der Waals surface area (Å²) in [5.41, 5.74) is 1.56. The topological polar surface area (TPSA) is 61.8 Å². The number of hydrogen-bond donors (Lipinski definition) is 0. The Balaban J connectivity index is 2.43. The van der Waals surface area contributed by atoms with Crippen molar-refractivity contribution in [1.29, 1.82) is 0 Å². The first-order valence-electron chi connectivity index (χ1n) is 12.9. The van der Waals surface area contributed by atoms with Crippen LogP contribution in [0.5, 0.6) is 0 Å². The van der Waals surface area contributed by atoms with Gasteiger partial charge in [0.05, 0.1) is 19.6 Å². The van der Waals surface area contributed by atoms with Crippen LogP contribution in [0.4, 0.5) is 0 Å². The Hall–Kier alpha value is -0.950. The van der Waals surface area contributed by atoms with Crippen LogP contribution in [0.2, 0.25) is 5.02 Å². The number of halogens is 1. The van der Waals surface area contributed by atoms with Crippen molar-refractivity contribution >= 4 is 28.4 Å². The Kier molecular flexibility index (Phi) is 11.1. The lowest BCUT2D eigenvalue weighted by Gasteiger charge is -2.47. The number of aryl methyl sites for hydroxylation is 1. The molecular weight excluding hydrogens is 496 g/mol. The molecule has 36 heavy (non-hydrogen) atoms. The number of benzene rings is 1. The average molecular weight is 543 g/mol. The zero-order valence-electron chi connectivity index (χ0n) is 23.7. The molecule has 0 aliphatic heterocycles. The van der Waals surface area contributed by atoms with E-state index in [-0.39, 0.29) is 24.1 Å². The van der Waals surface area contributed by atoms with Crippen molar-refractivity contribution in [2.45, 2.75) is 84.3 Å². The highest BCUT2D eigenvalue weighted by Crippen LogP contribution is 2.49. The van der Waals surface area contributed by atoms with E-state index in [4.69, 9.17) is 25.8 Å². The quantitative estimate of drug-likeness (QED) is 0.170. The Morgan fingerprint density at radius 3 is 2.25 bits per heavy atom. The smallest absolute Gasteiger partial charge is 0.309 e. The van der Waals surface area contributed by atoms with Crippen LogP contribution in [0, 0.1) is 23.2 Å². The van der Waals surface area contributed by atoms with E-state index in [2.05, 4.69) is 39.8 Å². The highest BCUT2D eigenvalue weighted by molar-refractivity contribution is 7.86. The van der Waals surface area contributed by atoms with Crippen LogP contribution in [0.1, 0.15) is 78.9 Å². The van der Waals surface area contributed by atoms with Gasteiger partial charge in [-0.2, -0.15) is 0 Å². The molecule has 1 aliphatic carbocycles. The molecule has 0 aromatic heterocycles. The monoisotopic (exact) mass is 542 g/mol. The fourth-order valence-corrected chi connectivity index (χ4v) is 6.65. The van der Waals surface area contributed by atoms with Gasteiger partial charge in [-0.05, 0) is 80.9 Å². The Morgan fingerprint density at radius 1 is 1.11 bits per heavy atom. The fraction of sp³-hybridized carbons (Fsp3) is 0.759. The normalized spacial score (nSPS) is 21.8. The van der Waals surface area contributed by atoms with Crippen molar-refractivity contribution in [3.63, 3.8) is 0 Å². The van der Waals surface area contributed by atoms with E-state index in [1.54, 1.807) is 7.11 Å². The Bertz CT molecular complexity index is 898. The van der Waals surface area contributed by atoms with Gasteiger partial charge in [0.1, 0.15) is 6.79 Å². The van der Waals surface area contributed by atoms with E-state index in [1.807, 2.05) is 26.8 Å². The standard InChI is InChI=1S/C29H47ClO5S/c1-27(2,3)13-12-21-10-11-23(16-24(21)30)29(7,18-36(32)28(4,5)6)25(26(31)34-9)22-14-20(15-22)17-35-19-33-8/h10-11,16,20,22,25H,12-15,17-19H2,1-9H3/t20?,22?,25?,29-,36+/m0/s1. The lowest BCUT2D eigenvalue weighted by molar-refractivity contribution is -0.154. The number of ether oxygens (including phenoxy) is 3. The molecular formula is C29H47ClO5S. The SMILES string of the molecule is COCOCC1CC(C(C(=O)OC)[C@@](C)(C[S@@](=O)C(C)(C)C)c2ccc(CCC(C)(C)C)c(Cl)c2)C1. The van der Waals surface area contributed by atoms with Gasteiger partial charge in [-0.3, -0.25) is 9.00 Å². The molecule has 1 unspecified atom stereocenters. The number of esters is 1. The van der Waals surface area contributed by atoms with Gasteiger partial charge >= 0.3 is 5.97 Å². The van der Waals surface area contributed by atoms with Gasteiger partial charge < -0.3 is 14.2 Å². The molecule has 1 aliphatic rings. The molecule has 0 heterocycles. The van der Waals surface area contributed by atoms with Gasteiger partial charge in [0.15, 0.2) is 0 Å². The number of carbonyl (C=O) groups excluding carboxylic acids is 1. The van der Waals surface area contributed by atoms with Gasteiger partial charge in [-0.25, -0.2) is 0 Å². The largest absolute Gasteiger partial charge is 0.469 e. The molecule has 0 saturated heterocycles. The first-order valence-corrected chi connectivity index (χ1v) is 14.6. The molecule has 0 N–H and O–H groups in total. The molecule has 0 bridgehead atoms. The van der Waals surface area contributed by atoms with Crippen LogP contribution in [0.25, 0.3) is 0 Å². The minimum Gasteiger partial charge on any atom is -0.469 e. The molecule has 0 spiro atoms. The highest BCUT2D eigenvalue weighted by Gasteiger charge is 2.51. The molecule has 1 fully saturated rings. The number of rotatable bonds is 12. The van der Waals surface area contributed by atoms with E-state index in [9.17, 15) is 9.00 Å². The van der Waals surface area contributed by atoms with Crippen molar-refractivity contribution < 1.29 is 23.2 Å². The van der Waals surface area contributed by atoms with Crippen LogP contribution in [-0.4, -0.2) is 48.3 Å². The molecule has 1 aromatic carbocycles. The fourth-order valence-electron chi connectivity index (χ4n) is 5.05. The zero-order valence-corrected chi connectivity index (χ0v) is 25.3. The maximum absolute atomic E-state index is 13.5. The summed E-state index contributed by atoms with van der Waals surface area (Å²) in [4.78, 5) is 13.3. The van der Waals surface area contributed by atoms with Crippen LogP contribution < -0.4 is 0 Å². The molecule has 5 nitrogen and oxygen atoms in total. The summed E-state index contributed by atoms with van der Waals surface area (Å²) in [7, 11) is 1.87. The van der Waals surface area contributed by atoms with E-state index in [1.165, 1.54) is 7.11 Å². The van der Waals surface area contributed by atoms with Crippen molar-refractivity contribution in [1.82, 2.24) is 0 Å². The second kappa shape index (κ2) is 12.7. The van der Waals surface area contributed by atoms with Crippen LogP contribution in [-0.2, 0) is 41.6 Å². The summed E-state index contributed by atoms with van der Waals surface area (Å²) >= 11 is 6.81. The Morgan fingerprint density at radius 2 is 1.75 bits per heavy atom. The molecule has 0 radical (unpaired) electrons. The van der Waals surface area contributed by atoms with Crippen molar-refractivity contribution in [2.24, 2.45) is 23.2 Å². The molecule has 7 heteroatoms. The van der Waals surface area contributed by atoms with E-state index in [0.29, 0.717) is 23.3 Å². The highest BCUT2D eigenvalue weighted by atomic mass is 35.5. The molecule has 2 rings (SSSR count). The number of hydrogen-bond acceptors (Lipinski definition) is 5. The molecule has 1 saturated carbocycles. The van der Waals surface area contributed by atoms with Gasteiger partial charge in [0.25, 0.3) is 0 Å². The molecule has 0 amide bonds. The first-order chi connectivity index (χ1) is 16.6. The predicted molar refractivity (Wildman–Crippen MR) is 149 cm³/mol. The van der Waals surface area contributed by atoms with Crippen molar-refractivity contribution in [3.05, 3.63) is 34.3 Å². The summed E-state index contributed by atoms with van der Waals surface area (Å²) in [6.45, 7) is 15.5. The predicted octanol–water partition coefficient (Wildman–Crippen LogP) is 6.56. The lowest BCUT2D eigenvalue weighted by atomic mass is 9.59. The maximum Gasteiger partial charge on any atom is 0.309 e. The summed E-state index contributed by atoms with van der Waals surface area (Å²) in [6.07, 6.45) is 3.63. The molecule has 3 atom stereocenters. The zero-order chi connectivity index (χ0) is 27.3. The summed E-state index contributed by atoms with van der Waals surface area (Å²) in [6, 6.07) is 6.16. The van der Waals surface area contributed by atoms with Crippen LogP contribution >= 0.6 is 11.6 Å². The van der Waals surface area contributed by atoms with Gasteiger partial charge in [0, 0.05) is 38.8 Å². The molecule has 1 aromatic rings. The van der Waals surface area contributed by atoms with E-state index < -0.39 is 26.9 Å². The van der Waals surface area contributed by atoms with Crippen LogP contribution in [0.15, 0.2) is 18.2 Å². The third-order valence-electron chi connectivity index (χ3n) is 7.41. The number of carbonyl (C=O) groups is 1. The maximum atomic E-state index is 13.5. The minimum absolute atomic E-state index is 0.120. The average Bonchev–Trinajstić information content (AvgIpc) is 2.74. The molecule has 206 valence electrons. The van der Waals surface area contributed by atoms with E-state index in [0.717, 1.165) is 36.8 Å². The van der Waals surface area contributed by atoms with Gasteiger partial charge in [-0.15, -0.1) is 0 Å². The van der Waals surface area contributed by atoms with Crippen molar-refractivity contribution in [2.75, 3.05) is 33.4 Å². The van der Waals surface area contributed by atoms with E-state index >= 15 is 0 Å². The second-order valence-electron chi connectivity index (χ2n) is 12.8. The van der Waals surface area contributed by atoms with Gasteiger partial charge in [-0.1, -0.05) is 51.4 Å². The van der Waals surface area contributed by atoms with Gasteiger partial charge in [0.2, 0.25) is 0 Å². The summed E-state index contributed by atoms with van der Waals surface area (Å²) in [5, 5.41) is 0.701. The third kappa shape index (κ3) is 8.28.